The maximum atomic E-state index is 15.0. The first kappa shape index (κ1) is 25.0. The number of aryl methyl sites for hydroxylation is 2. The fraction of sp³-hybridized carbons (Fsp3) is 0.333. The predicted octanol–water partition coefficient (Wildman–Crippen LogP) is 4.86. The van der Waals surface area contributed by atoms with Gasteiger partial charge in [0.2, 0.25) is 0 Å². The molecule has 1 unspecified atom stereocenters. The quantitative estimate of drug-likeness (QED) is 0.399. The molecule has 0 spiro atoms. The van der Waals surface area contributed by atoms with Crippen LogP contribution in [-0.4, -0.2) is 50.0 Å². The third-order valence-electron chi connectivity index (χ3n) is 7.87. The van der Waals surface area contributed by atoms with Crippen LogP contribution in [0.15, 0.2) is 48.5 Å². The van der Waals surface area contributed by atoms with Crippen LogP contribution >= 0.6 is 0 Å². The Balaban J connectivity index is 1.45. The van der Waals surface area contributed by atoms with Crippen molar-refractivity contribution in [3.8, 4) is 5.75 Å². The lowest BCUT2D eigenvalue weighted by Gasteiger charge is -2.30. The van der Waals surface area contributed by atoms with Gasteiger partial charge in [-0.05, 0) is 72.2 Å². The van der Waals surface area contributed by atoms with E-state index >= 15 is 0 Å². The summed E-state index contributed by atoms with van der Waals surface area (Å²) < 4.78 is 22.6. The molecule has 1 N–H and O–H groups in total. The first-order valence-corrected chi connectivity index (χ1v) is 13.3. The lowest BCUT2D eigenvalue weighted by atomic mass is 9.83. The van der Waals surface area contributed by atoms with E-state index < -0.39 is 17.7 Å². The maximum absolute atomic E-state index is 15.0. The minimum Gasteiger partial charge on any atom is -0.493 e. The maximum Gasteiger partial charge on any atom is 0.304 e. The van der Waals surface area contributed by atoms with Gasteiger partial charge in [-0.15, -0.1) is 5.10 Å². The summed E-state index contributed by atoms with van der Waals surface area (Å²) >= 11 is 0. The molecule has 1 atom stereocenters. The molecule has 0 radical (unpaired) electrons. The second-order valence-corrected chi connectivity index (χ2v) is 10.3. The van der Waals surface area contributed by atoms with Crippen molar-refractivity contribution >= 4 is 22.9 Å². The Kier molecular flexibility index (Phi) is 6.50. The van der Waals surface area contributed by atoms with Crippen molar-refractivity contribution < 1.29 is 23.8 Å². The highest BCUT2D eigenvalue weighted by Crippen LogP contribution is 2.35. The number of ether oxygens (including phenoxy) is 1. The molecule has 9 bridgehead atoms. The molecule has 39 heavy (non-hydrogen) atoms. The van der Waals surface area contributed by atoms with Crippen molar-refractivity contribution in [2.24, 2.45) is 0 Å². The van der Waals surface area contributed by atoms with E-state index in [2.05, 4.69) is 10.3 Å². The minimum atomic E-state index is -0.899. The van der Waals surface area contributed by atoms with E-state index in [1.165, 1.54) is 12.1 Å². The molecule has 4 aromatic rings. The van der Waals surface area contributed by atoms with Gasteiger partial charge < -0.3 is 14.7 Å². The van der Waals surface area contributed by atoms with E-state index in [-0.39, 0.29) is 17.9 Å². The summed E-state index contributed by atoms with van der Waals surface area (Å²) in [7, 11) is 0. The Bertz CT molecular complexity index is 1600. The smallest absolute Gasteiger partial charge is 0.304 e. The van der Waals surface area contributed by atoms with Gasteiger partial charge in [-0.2, -0.15) is 0 Å². The fourth-order valence-corrected chi connectivity index (χ4v) is 5.76. The van der Waals surface area contributed by atoms with Crippen LogP contribution in [0.5, 0.6) is 5.75 Å². The number of carboxylic acids is 1. The molecular formula is C30H29FN4O4. The number of hydrogen-bond donors (Lipinski definition) is 1. The molecule has 0 saturated carbocycles. The van der Waals surface area contributed by atoms with E-state index in [1.54, 1.807) is 11.0 Å². The highest BCUT2D eigenvalue weighted by molar-refractivity contribution is 5.94. The molecule has 3 aromatic carbocycles. The van der Waals surface area contributed by atoms with E-state index in [1.807, 2.05) is 41.9 Å². The summed E-state index contributed by atoms with van der Waals surface area (Å²) in [5.74, 6) is -1.88. The third-order valence-corrected chi connectivity index (χ3v) is 7.87. The zero-order valence-corrected chi connectivity index (χ0v) is 21.7. The highest BCUT2D eigenvalue weighted by atomic mass is 19.1. The number of carbonyl (C=O) groups is 2. The molecule has 1 aromatic heterocycles. The van der Waals surface area contributed by atoms with E-state index in [0.29, 0.717) is 38.4 Å². The van der Waals surface area contributed by atoms with Crippen molar-refractivity contribution in [2.75, 3.05) is 13.2 Å². The van der Waals surface area contributed by atoms with E-state index in [0.717, 1.165) is 51.7 Å². The zero-order valence-electron chi connectivity index (χ0n) is 21.7. The summed E-state index contributed by atoms with van der Waals surface area (Å²) in [4.78, 5) is 26.9. The minimum absolute atomic E-state index is 0.0164. The van der Waals surface area contributed by atoms with E-state index in [9.17, 15) is 19.1 Å². The number of carboxylic acid groups (broad SMARTS) is 1. The fourth-order valence-electron chi connectivity index (χ4n) is 5.76. The van der Waals surface area contributed by atoms with Gasteiger partial charge >= 0.3 is 5.97 Å². The van der Waals surface area contributed by atoms with Gasteiger partial charge in [-0.25, -0.2) is 9.07 Å². The summed E-state index contributed by atoms with van der Waals surface area (Å²) in [6.07, 6.45) is 2.07. The van der Waals surface area contributed by atoms with Gasteiger partial charge in [0.25, 0.3) is 5.91 Å². The number of halogens is 1. The molecule has 5 aliphatic rings. The van der Waals surface area contributed by atoms with Crippen molar-refractivity contribution in [1.29, 1.82) is 0 Å². The van der Waals surface area contributed by atoms with Crippen LogP contribution in [0.1, 0.15) is 63.4 Å². The Hall–Kier alpha value is -4.27. The molecular weight excluding hydrogens is 499 g/mol. The lowest BCUT2D eigenvalue weighted by molar-refractivity contribution is -0.137. The molecule has 0 fully saturated rings. The van der Waals surface area contributed by atoms with Crippen LogP contribution in [0.3, 0.4) is 0 Å². The van der Waals surface area contributed by atoms with Gasteiger partial charge in [0, 0.05) is 31.6 Å². The molecule has 9 heteroatoms. The monoisotopic (exact) mass is 528 g/mol. The van der Waals surface area contributed by atoms with Gasteiger partial charge in [0.15, 0.2) is 0 Å². The topological polar surface area (TPSA) is 97.5 Å². The van der Waals surface area contributed by atoms with Crippen molar-refractivity contribution in [3.63, 3.8) is 0 Å². The second-order valence-electron chi connectivity index (χ2n) is 10.3. The Morgan fingerprint density at radius 1 is 1.10 bits per heavy atom. The van der Waals surface area contributed by atoms with Gasteiger partial charge in [-0.3, -0.25) is 9.59 Å². The van der Waals surface area contributed by atoms with Crippen LogP contribution in [0.2, 0.25) is 0 Å². The number of aromatic nitrogens is 3. The summed E-state index contributed by atoms with van der Waals surface area (Å²) in [6, 6.07) is 14.3. The number of rotatable bonds is 2. The van der Waals surface area contributed by atoms with Crippen molar-refractivity contribution in [1.82, 2.24) is 19.9 Å². The SMILES string of the molecule is Cc1c2ccc3c1nnn3CCCCOc1ccc(c(F)c1)C(=O)N1CCc3ccc(cc3C1)C2CC(=O)O. The number of benzene rings is 3. The number of amides is 1. The average molecular weight is 529 g/mol. The molecule has 0 aliphatic carbocycles. The summed E-state index contributed by atoms with van der Waals surface area (Å²) in [5.41, 5.74) is 6.38. The van der Waals surface area contributed by atoms with Gasteiger partial charge in [-0.1, -0.05) is 29.5 Å². The van der Waals surface area contributed by atoms with Crippen LogP contribution in [0.4, 0.5) is 4.39 Å². The molecule has 6 heterocycles. The molecule has 1 amide bonds. The number of aliphatic carboxylic acids is 1. The van der Waals surface area contributed by atoms with Crippen LogP contribution in [0.25, 0.3) is 11.0 Å². The lowest BCUT2D eigenvalue weighted by Crippen LogP contribution is -2.36. The standard InChI is InChI=1S/C30H29FN4O4/c1-18-23-8-9-27-29(18)32-33-35(27)11-2-3-13-39-22-6-7-24(26(31)15-22)30(38)34-12-10-19-4-5-20(14-21(19)17-34)25(23)16-28(36)37/h4-9,14-15,25H,2-3,10-13,16-17H2,1H3,(H,36,37). The third kappa shape index (κ3) is 4.73. The van der Waals surface area contributed by atoms with Crippen LogP contribution in [0, 0.1) is 12.7 Å². The van der Waals surface area contributed by atoms with Crippen LogP contribution < -0.4 is 4.74 Å². The zero-order chi connectivity index (χ0) is 27.1. The average Bonchev–Trinajstić information content (AvgIpc) is 3.34. The van der Waals surface area contributed by atoms with Gasteiger partial charge in [0.1, 0.15) is 17.1 Å². The van der Waals surface area contributed by atoms with E-state index in [4.69, 9.17) is 4.74 Å². The molecule has 0 saturated heterocycles. The van der Waals surface area contributed by atoms with Crippen molar-refractivity contribution in [3.05, 3.63) is 87.7 Å². The second kappa shape index (κ2) is 10.1. The first-order chi connectivity index (χ1) is 18.9. The number of hydrogen-bond acceptors (Lipinski definition) is 5. The Morgan fingerprint density at radius 2 is 1.97 bits per heavy atom. The summed E-state index contributed by atoms with van der Waals surface area (Å²) in [6.45, 7) is 3.81. The highest BCUT2D eigenvalue weighted by Gasteiger charge is 2.27. The molecule has 5 aliphatic heterocycles. The number of nitrogens with zero attached hydrogens (tertiary/aromatic N) is 4. The van der Waals surface area contributed by atoms with Crippen molar-refractivity contribution in [2.45, 2.75) is 51.6 Å². The summed E-state index contributed by atoms with van der Waals surface area (Å²) in [5, 5.41) is 18.6. The Morgan fingerprint density at radius 3 is 2.79 bits per heavy atom. The molecule has 9 rings (SSSR count). The van der Waals surface area contributed by atoms with Crippen LogP contribution in [-0.2, 0) is 24.3 Å². The predicted molar refractivity (Wildman–Crippen MR) is 142 cm³/mol. The largest absolute Gasteiger partial charge is 0.493 e. The first-order valence-electron chi connectivity index (χ1n) is 13.3. The molecule has 8 nitrogen and oxygen atoms in total. The number of carbonyl (C=O) groups excluding carboxylic acids is 1. The normalized spacial score (nSPS) is 17.5. The molecule has 200 valence electrons. The Labute approximate surface area is 225 Å². The van der Waals surface area contributed by atoms with Gasteiger partial charge in [0.05, 0.1) is 24.1 Å².